The third-order valence-electron chi connectivity index (χ3n) is 5.71. The highest BCUT2D eigenvalue weighted by Gasteiger charge is 2.36. The number of carbonyl (C=O) groups is 4. The molecule has 0 atom stereocenters. The minimum absolute atomic E-state index is 0.168. The van der Waals surface area contributed by atoms with E-state index in [0.29, 0.717) is 22.7 Å². The summed E-state index contributed by atoms with van der Waals surface area (Å²) in [6.07, 6.45) is 1.41. The molecule has 3 aromatic rings. The number of amides is 5. The summed E-state index contributed by atoms with van der Waals surface area (Å²) in [7, 11) is 0. The summed E-state index contributed by atoms with van der Waals surface area (Å²) >= 11 is 0. The molecule has 4 rings (SSSR count). The van der Waals surface area contributed by atoms with Crippen molar-refractivity contribution in [3.8, 4) is 5.75 Å². The van der Waals surface area contributed by atoms with E-state index in [-0.39, 0.29) is 18.1 Å². The van der Waals surface area contributed by atoms with Crippen molar-refractivity contribution in [2.45, 2.75) is 20.8 Å². The van der Waals surface area contributed by atoms with Crippen molar-refractivity contribution < 1.29 is 23.9 Å². The van der Waals surface area contributed by atoms with Gasteiger partial charge in [-0.15, -0.1) is 0 Å². The largest absolute Gasteiger partial charge is 0.484 e. The first-order valence-electron chi connectivity index (χ1n) is 11.3. The molecule has 1 aliphatic heterocycles. The number of hydrogen-bond acceptors (Lipinski definition) is 5. The van der Waals surface area contributed by atoms with Crippen molar-refractivity contribution in [3.05, 3.63) is 94.6 Å². The lowest BCUT2D eigenvalue weighted by Gasteiger charge is -2.26. The summed E-state index contributed by atoms with van der Waals surface area (Å²) in [4.78, 5) is 51.0. The van der Waals surface area contributed by atoms with Crippen LogP contribution in [0.1, 0.15) is 22.3 Å². The fraction of sp³-hybridized carbons (Fsp3) is 0.143. The molecule has 1 heterocycles. The zero-order valence-electron chi connectivity index (χ0n) is 20.1. The van der Waals surface area contributed by atoms with Crippen molar-refractivity contribution >= 4 is 41.2 Å². The molecule has 0 bridgehead atoms. The molecule has 1 saturated heterocycles. The van der Waals surface area contributed by atoms with Crippen molar-refractivity contribution in [2.24, 2.45) is 0 Å². The van der Waals surface area contributed by atoms with Crippen LogP contribution in [-0.4, -0.2) is 30.4 Å². The van der Waals surface area contributed by atoms with E-state index < -0.39 is 17.8 Å². The summed E-state index contributed by atoms with van der Waals surface area (Å²) < 4.78 is 5.54. The molecule has 0 saturated carbocycles. The summed E-state index contributed by atoms with van der Waals surface area (Å²) in [6, 6.07) is 18.4. The lowest BCUT2D eigenvalue weighted by atomic mass is 10.1. The van der Waals surface area contributed by atoms with E-state index in [1.54, 1.807) is 42.5 Å². The molecule has 36 heavy (non-hydrogen) atoms. The van der Waals surface area contributed by atoms with Gasteiger partial charge in [0.15, 0.2) is 6.61 Å². The molecule has 1 aliphatic rings. The number of rotatable bonds is 6. The molecule has 1 fully saturated rings. The summed E-state index contributed by atoms with van der Waals surface area (Å²) in [6.45, 7) is 5.56. The minimum atomic E-state index is -0.793. The minimum Gasteiger partial charge on any atom is -0.484 e. The Labute approximate surface area is 208 Å². The predicted octanol–water partition coefficient (Wildman–Crippen LogP) is 4.30. The third kappa shape index (κ3) is 5.50. The molecule has 8 heteroatoms. The highest BCUT2D eigenvalue weighted by atomic mass is 16.5. The van der Waals surface area contributed by atoms with Crippen LogP contribution in [0.15, 0.2) is 72.3 Å². The van der Waals surface area contributed by atoms with Crippen LogP contribution in [-0.2, 0) is 14.4 Å². The number of benzene rings is 3. The number of carbonyl (C=O) groups excluding carboxylic acids is 4. The average molecular weight is 484 g/mol. The number of aryl methyl sites for hydroxylation is 3. The van der Waals surface area contributed by atoms with E-state index in [2.05, 4.69) is 10.6 Å². The van der Waals surface area contributed by atoms with Crippen molar-refractivity contribution in [1.82, 2.24) is 5.32 Å². The Morgan fingerprint density at radius 2 is 1.69 bits per heavy atom. The lowest BCUT2D eigenvalue weighted by molar-refractivity contribution is -0.122. The van der Waals surface area contributed by atoms with Gasteiger partial charge in [-0.3, -0.25) is 19.7 Å². The second-order valence-electron chi connectivity index (χ2n) is 8.50. The predicted molar refractivity (Wildman–Crippen MR) is 137 cm³/mol. The third-order valence-corrected chi connectivity index (χ3v) is 5.71. The fourth-order valence-electron chi connectivity index (χ4n) is 3.65. The second kappa shape index (κ2) is 10.3. The van der Waals surface area contributed by atoms with Crippen LogP contribution in [0, 0.1) is 20.8 Å². The van der Waals surface area contributed by atoms with Gasteiger partial charge in [-0.05, 0) is 85.5 Å². The summed E-state index contributed by atoms with van der Waals surface area (Å²) in [5.41, 5.74) is 4.42. The second-order valence-corrected chi connectivity index (χ2v) is 8.50. The van der Waals surface area contributed by atoms with Crippen LogP contribution in [0.25, 0.3) is 6.08 Å². The summed E-state index contributed by atoms with van der Waals surface area (Å²) in [5.74, 6) is -1.33. The Morgan fingerprint density at radius 1 is 0.944 bits per heavy atom. The summed E-state index contributed by atoms with van der Waals surface area (Å²) in [5, 5.41) is 4.99. The van der Waals surface area contributed by atoms with Gasteiger partial charge in [-0.25, -0.2) is 9.69 Å². The Kier molecular flexibility index (Phi) is 6.96. The monoisotopic (exact) mass is 483 g/mol. The number of ether oxygens (including phenoxy) is 1. The Morgan fingerprint density at radius 3 is 2.39 bits per heavy atom. The van der Waals surface area contributed by atoms with Crippen molar-refractivity contribution in [1.29, 1.82) is 0 Å². The van der Waals surface area contributed by atoms with Crippen LogP contribution in [0.3, 0.4) is 0 Å². The van der Waals surface area contributed by atoms with Gasteiger partial charge in [0.2, 0.25) is 0 Å². The number of anilines is 2. The van der Waals surface area contributed by atoms with Crippen LogP contribution >= 0.6 is 0 Å². The van der Waals surface area contributed by atoms with Gasteiger partial charge in [0.05, 0.1) is 5.69 Å². The fourth-order valence-corrected chi connectivity index (χ4v) is 3.65. The normalized spacial score (nSPS) is 14.6. The maximum atomic E-state index is 13.1. The standard InChI is InChI=1S/C28H25N3O5/c1-17-5-4-6-21(13-17)29-25(32)16-36-23-11-8-20(9-12-23)15-24-26(33)30-28(35)31(27(24)34)22-10-7-18(2)19(3)14-22/h4-15H,16H2,1-3H3,(H,29,32)(H,30,33,35)/b24-15+. The van der Waals surface area contributed by atoms with Gasteiger partial charge in [0.25, 0.3) is 17.7 Å². The van der Waals surface area contributed by atoms with Gasteiger partial charge in [-0.2, -0.15) is 0 Å². The number of barbiturate groups is 1. The topological polar surface area (TPSA) is 105 Å². The van der Waals surface area contributed by atoms with Crippen LogP contribution in [0.5, 0.6) is 5.75 Å². The molecular formula is C28H25N3O5. The Bertz CT molecular complexity index is 1390. The van der Waals surface area contributed by atoms with Gasteiger partial charge in [-0.1, -0.05) is 30.3 Å². The highest BCUT2D eigenvalue weighted by molar-refractivity contribution is 6.39. The first-order chi connectivity index (χ1) is 17.2. The first-order valence-corrected chi connectivity index (χ1v) is 11.3. The van der Waals surface area contributed by atoms with E-state index >= 15 is 0 Å². The Hall–Kier alpha value is -4.72. The van der Waals surface area contributed by atoms with Gasteiger partial charge >= 0.3 is 6.03 Å². The zero-order valence-corrected chi connectivity index (χ0v) is 20.1. The molecule has 0 radical (unpaired) electrons. The average Bonchev–Trinajstić information content (AvgIpc) is 2.83. The number of imide groups is 2. The molecule has 0 unspecified atom stereocenters. The number of hydrogen-bond donors (Lipinski definition) is 2. The highest BCUT2D eigenvalue weighted by Crippen LogP contribution is 2.24. The molecular weight excluding hydrogens is 458 g/mol. The number of urea groups is 1. The maximum Gasteiger partial charge on any atom is 0.335 e. The van der Waals surface area contributed by atoms with E-state index in [1.165, 1.54) is 6.08 Å². The van der Waals surface area contributed by atoms with E-state index in [0.717, 1.165) is 21.6 Å². The van der Waals surface area contributed by atoms with Crippen LogP contribution < -0.4 is 20.3 Å². The molecule has 5 amide bonds. The van der Waals surface area contributed by atoms with E-state index in [9.17, 15) is 19.2 Å². The SMILES string of the molecule is Cc1cccc(NC(=O)COc2ccc(/C=C3\C(=O)NC(=O)N(c4ccc(C)c(C)c4)C3=O)cc2)c1. The van der Waals surface area contributed by atoms with Crippen molar-refractivity contribution in [2.75, 3.05) is 16.8 Å². The molecule has 3 aromatic carbocycles. The molecule has 182 valence electrons. The smallest absolute Gasteiger partial charge is 0.335 e. The number of nitrogens with one attached hydrogen (secondary N) is 2. The van der Waals surface area contributed by atoms with Crippen LogP contribution in [0.4, 0.5) is 16.2 Å². The number of nitrogens with zero attached hydrogens (tertiary/aromatic N) is 1. The molecule has 8 nitrogen and oxygen atoms in total. The van der Waals surface area contributed by atoms with E-state index in [1.807, 2.05) is 45.0 Å². The maximum absolute atomic E-state index is 13.1. The molecule has 0 spiro atoms. The quantitative estimate of drug-likeness (QED) is 0.402. The van der Waals surface area contributed by atoms with Gasteiger partial charge in [0.1, 0.15) is 11.3 Å². The van der Waals surface area contributed by atoms with E-state index in [4.69, 9.17) is 4.74 Å². The lowest BCUT2D eigenvalue weighted by Crippen LogP contribution is -2.54. The van der Waals surface area contributed by atoms with Gasteiger partial charge < -0.3 is 10.1 Å². The molecule has 0 aliphatic carbocycles. The molecule has 2 N–H and O–H groups in total. The van der Waals surface area contributed by atoms with Gasteiger partial charge in [0, 0.05) is 5.69 Å². The molecule has 0 aromatic heterocycles. The zero-order chi connectivity index (χ0) is 25.8. The van der Waals surface area contributed by atoms with Crippen LogP contribution in [0.2, 0.25) is 0 Å². The Balaban J connectivity index is 1.44. The first kappa shape index (κ1) is 24.4. The van der Waals surface area contributed by atoms with Crippen molar-refractivity contribution in [3.63, 3.8) is 0 Å².